The molecular weight excluding hydrogens is 308 g/mol. The molecule has 0 rings (SSSR count). The maximum atomic E-state index is 10.7. The van der Waals surface area contributed by atoms with Gasteiger partial charge in [0, 0.05) is 27.1 Å². The summed E-state index contributed by atoms with van der Waals surface area (Å²) in [7, 11) is 3.33. The summed E-state index contributed by atoms with van der Waals surface area (Å²) in [6.45, 7) is 0.420. The van der Waals surface area contributed by atoms with Crippen molar-refractivity contribution in [2.45, 2.75) is 31.7 Å². The normalized spacial score (nSPS) is 11.0. The maximum Gasteiger partial charge on any atom is 0.320 e. The summed E-state index contributed by atoms with van der Waals surface area (Å²) in [4.78, 5) is 34.6. The van der Waals surface area contributed by atoms with E-state index in [-0.39, 0.29) is 24.7 Å². The predicted octanol–water partition coefficient (Wildman–Crippen LogP) is -2.10. The molecule has 0 saturated heterocycles. The average molecular weight is 334 g/mol. The molecule has 0 spiro atoms. The van der Waals surface area contributed by atoms with Crippen molar-refractivity contribution < 1.29 is 24.6 Å². The minimum absolute atomic E-state index is 0.0129. The van der Waals surface area contributed by atoms with Crippen LogP contribution in [-0.4, -0.2) is 65.7 Å². The Morgan fingerprint density at radius 1 is 1.17 bits per heavy atom. The standard InChI is InChI=1S/C6H14N4O2.C6H12N2O3/c7-4(5(11)12)2-1-3-10-6(8)9;1-8(2)7-5(9)3-4-6(10)11/h4H,1-3,7H2,(H,11,12)(H4,8,9,10);3-4H2,1-2H3,(H,7,9)(H,10,11). The molecule has 0 aliphatic heterocycles. The number of nitrogens with two attached hydrogens (primary N) is 3. The molecule has 0 aromatic rings. The fraction of sp³-hybridized carbons (Fsp3) is 0.667. The van der Waals surface area contributed by atoms with Crippen LogP contribution in [0.25, 0.3) is 0 Å². The lowest BCUT2D eigenvalue weighted by molar-refractivity contribution is -0.139. The van der Waals surface area contributed by atoms with E-state index in [0.717, 1.165) is 0 Å². The van der Waals surface area contributed by atoms with E-state index in [2.05, 4.69) is 10.4 Å². The number of carbonyl (C=O) groups is 3. The third-order valence-electron chi connectivity index (χ3n) is 2.20. The summed E-state index contributed by atoms with van der Waals surface area (Å²) in [6, 6.07) is -0.820. The van der Waals surface area contributed by atoms with Gasteiger partial charge < -0.3 is 27.4 Å². The van der Waals surface area contributed by atoms with Crippen LogP contribution in [0.5, 0.6) is 0 Å². The summed E-state index contributed by atoms with van der Waals surface area (Å²) >= 11 is 0. The van der Waals surface area contributed by atoms with Crippen LogP contribution in [0.4, 0.5) is 0 Å². The van der Waals surface area contributed by atoms with Crippen molar-refractivity contribution >= 4 is 23.8 Å². The Hall–Kier alpha value is -2.40. The molecule has 11 nitrogen and oxygen atoms in total. The van der Waals surface area contributed by atoms with Gasteiger partial charge in [0.2, 0.25) is 5.91 Å². The lowest BCUT2D eigenvalue weighted by atomic mass is 10.2. The van der Waals surface area contributed by atoms with Crippen molar-refractivity contribution in [1.82, 2.24) is 10.4 Å². The first kappa shape index (κ1) is 22.9. The van der Waals surface area contributed by atoms with Gasteiger partial charge in [-0.25, -0.2) is 5.01 Å². The van der Waals surface area contributed by atoms with Crippen molar-refractivity contribution in [2.24, 2.45) is 22.2 Å². The first-order valence-corrected chi connectivity index (χ1v) is 6.78. The van der Waals surface area contributed by atoms with E-state index >= 15 is 0 Å². The van der Waals surface area contributed by atoms with E-state index in [4.69, 9.17) is 27.4 Å². The van der Waals surface area contributed by atoms with E-state index in [1.165, 1.54) is 5.01 Å². The number of nitrogens with one attached hydrogen (secondary N) is 1. The van der Waals surface area contributed by atoms with Gasteiger partial charge in [-0.15, -0.1) is 0 Å². The molecule has 0 aliphatic carbocycles. The number of rotatable bonds is 9. The van der Waals surface area contributed by atoms with Crippen LogP contribution in [0.3, 0.4) is 0 Å². The van der Waals surface area contributed by atoms with Gasteiger partial charge in [-0.1, -0.05) is 0 Å². The van der Waals surface area contributed by atoms with Crippen LogP contribution in [0.1, 0.15) is 25.7 Å². The van der Waals surface area contributed by atoms with Crippen molar-refractivity contribution in [2.75, 3.05) is 20.6 Å². The Bertz CT molecular complexity index is 409. The minimum atomic E-state index is -1.00. The zero-order valence-corrected chi connectivity index (χ0v) is 13.4. The molecular formula is C12H26N6O5. The van der Waals surface area contributed by atoms with Gasteiger partial charge in [-0.2, -0.15) is 0 Å². The van der Waals surface area contributed by atoms with Gasteiger partial charge in [0.05, 0.1) is 6.42 Å². The lowest BCUT2D eigenvalue weighted by Gasteiger charge is -2.10. The molecule has 0 radical (unpaired) electrons. The van der Waals surface area contributed by atoms with Gasteiger partial charge in [-0.05, 0) is 12.8 Å². The van der Waals surface area contributed by atoms with Crippen LogP contribution in [0, 0.1) is 0 Å². The summed E-state index contributed by atoms with van der Waals surface area (Å²) in [5.74, 6) is -2.23. The van der Waals surface area contributed by atoms with E-state index in [0.29, 0.717) is 19.4 Å². The second kappa shape index (κ2) is 13.3. The molecule has 0 bridgehead atoms. The molecule has 0 heterocycles. The number of hydrogen-bond donors (Lipinski definition) is 6. The molecule has 134 valence electrons. The number of guanidine groups is 1. The zero-order chi connectivity index (χ0) is 18.4. The number of carboxylic acid groups (broad SMARTS) is 2. The first-order valence-electron chi connectivity index (χ1n) is 6.78. The Balaban J connectivity index is 0. The maximum absolute atomic E-state index is 10.7. The Labute approximate surface area is 134 Å². The summed E-state index contributed by atoms with van der Waals surface area (Å²) in [5.41, 5.74) is 17.8. The van der Waals surface area contributed by atoms with Gasteiger partial charge in [0.1, 0.15) is 6.04 Å². The topological polar surface area (TPSA) is 197 Å². The highest BCUT2D eigenvalue weighted by molar-refractivity contribution is 5.80. The lowest BCUT2D eigenvalue weighted by Crippen LogP contribution is -2.36. The number of aliphatic imine (C=N–C) groups is 1. The predicted molar refractivity (Wildman–Crippen MR) is 84.2 cm³/mol. The Morgan fingerprint density at radius 3 is 2.13 bits per heavy atom. The fourth-order valence-corrected chi connectivity index (χ4v) is 1.17. The molecule has 1 unspecified atom stereocenters. The Morgan fingerprint density at radius 2 is 1.74 bits per heavy atom. The monoisotopic (exact) mass is 334 g/mol. The molecule has 11 heteroatoms. The smallest absolute Gasteiger partial charge is 0.320 e. The number of aliphatic carboxylic acids is 2. The largest absolute Gasteiger partial charge is 0.481 e. The van der Waals surface area contributed by atoms with Crippen LogP contribution in [0.15, 0.2) is 4.99 Å². The second-order valence-electron chi connectivity index (χ2n) is 4.72. The zero-order valence-electron chi connectivity index (χ0n) is 13.4. The Kier molecular flexibility index (Phi) is 13.2. The summed E-state index contributed by atoms with van der Waals surface area (Å²) in [5, 5.41) is 18.1. The van der Waals surface area contributed by atoms with Crippen LogP contribution >= 0.6 is 0 Å². The molecule has 0 aromatic heterocycles. The third kappa shape index (κ3) is 19.6. The van der Waals surface area contributed by atoms with E-state index in [9.17, 15) is 14.4 Å². The first-order chi connectivity index (χ1) is 10.6. The quantitative estimate of drug-likeness (QED) is 0.118. The average Bonchev–Trinajstić information content (AvgIpc) is 2.40. The molecule has 1 amide bonds. The van der Waals surface area contributed by atoms with Crippen molar-refractivity contribution in [3.8, 4) is 0 Å². The highest BCUT2D eigenvalue weighted by atomic mass is 16.4. The van der Waals surface area contributed by atoms with Crippen molar-refractivity contribution in [3.63, 3.8) is 0 Å². The number of nitrogens with zero attached hydrogens (tertiary/aromatic N) is 2. The van der Waals surface area contributed by atoms with Gasteiger partial charge in [0.15, 0.2) is 5.96 Å². The van der Waals surface area contributed by atoms with Gasteiger partial charge in [-0.3, -0.25) is 24.8 Å². The molecule has 0 aromatic carbocycles. The highest BCUT2D eigenvalue weighted by Crippen LogP contribution is 1.94. The molecule has 0 fully saturated rings. The second-order valence-corrected chi connectivity index (χ2v) is 4.72. The number of amides is 1. The molecule has 0 saturated carbocycles. The van der Waals surface area contributed by atoms with Crippen LogP contribution in [0.2, 0.25) is 0 Å². The van der Waals surface area contributed by atoms with E-state index in [1.807, 2.05) is 0 Å². The number of hydrogen-bond acceptors (Lipinski definition) is 6. The SMILES string of the molecule is CN(C)NC(=O)CCC(=O)O.NC(N)=NCCCC(N)C(=O)O. The van der Waals surface area contributed by atoms with Crippen molar-refractivity contribution in [1.29, 1.82) is 0 Å². The summed E-state index contributed by atoms with van der Waals surface area (Å²) in [6.07, 6.45) is 0.852. The third-order valence-corrected chi connectivity index (χ3v) is 2.20. The molecule has 9 N–H and O–H groups in total. The number of hydrazine groups is 1. The molecule has 1 atom stereocenters. The van der Waals surface area contributed by atoms with Crippen molar-refractivity contribution in [3.05, 3.63) is 0 Å². The van der Waals surface area contributed by atoms with Crippen LogP contribution < -0.4 is 22.6 Å². The molecule has 23 heavy (non-hydrogen) atoms. The number of carboxylic acids is 2. The molecule has 0 aliphatic rings. The van der Waals surface area contributed by atoms with Crippen LogP contribution in [-0.2, 0) is 14.4 Å². The summed E-state index contributed by atoms with van der Waals surface area (Å²) < 4.78 is 0. The van der Waals surface area contributed by atoms with E-state index in [1.54, 1.807) is 14.1 Å². The number of carbonyl (C=O) groups excluding carboxylic acids is 1. The fourth-order valence-electron chi connectivity index (χ4n) is 1.17. The van der Waals surface area contributed by atoms with E-state index < -0.39 is 18.0 Å². The van der Waals surface area contributed by atoms with Gasteiger partial charge >= 0.3 is 11.9 Å². The highest BCUT2D eigenvalue weighted by Gasteiger charge is 2.09. The minimum Gasteiger partial charge on any atom is -0.481 e. The van der Waals surface area contributed by atoms with Gasteiger partial charge in [0.25, 0.3) is 0 Å².